The molecule has 0 aliphatic heterocycles. The lowest BCUT2D eigenvalue weighted by molar-refractivity contribution is -0.144. The molecule has 4 unspecified atom stereocenters. The number of aryl methyl sites for hydroxylation is 1. The molecule has 226 valence electrons. The number of hydrogen-bond acceptors (Lipinski definition) is 5. The number of carbonyl (C=O) groups is 1. The fourth-order valence-corrected chi connectivity index (χ4v) is 7.54. The van der Waals surface area contributed by atoms with Crippen molar-refractivity contribution in [3.05, 3.63) is 95.1 Å². The van der Waals surface area contributed by atoms with Gasteiger partial charge in [0.2, 0.25) is 0 Å². The standard InChI is InChI=1S/C36H39N5O3/c1-21(2)33-23(4)41(31-14-13-29(37-22(31)3)25-15-16-36(35(43)44)18-26(36)17-25)39-34(33)27-11-8-12-30-28(27)19-40(38-30)20-32(42)24-9-6-5-7-10-24/h5-14,19,21,25-26,32,42H,15-18,20H2,1-4H3,(H,43,44). The zero-order chi connectivity index (χ0) is 30.7. The lowest BCUT2D eigenvalue weighted by Crippen LogP contribution is -2.23. The van der Waals surface area contributed by atoms with Crippen LogP contribution in [-0.2, 0) is 11.3 Å². The van der Waals surface area contributed by atoms with Crippen LogP contribution in [0.5, 0.6) is 0 Å². The molecule has 5 aromatic rings. The zero-order valence-electron chi connectivity index (χ0n) is 25.7. The molecule has 4 atom stereocenters. The van der Waals surface area contributed by atoms with Crippen molar-refractivity contribution in [2.45, 2.75) is 77.9 Å². The Hall–Kier alpha value is -4.30. The lowest BCUT2D eigenvalue weighted by atomic mass is 9.80. The number of aliphatic carboxylic acids is 1. The van der Waals surface area contributed by atoms with Gasteiger partial charge in [0.25, 0.3) is 0 Å². The number of pyridine rings is 1. The fraction of sp³-hybridized carbons (Fsp3) is 0.389. The Bertz CT molecular complexity index is 1870. The number of carboxylic acids is 1. The van der Waals surface area contributed by atoms with E-state index in [0.717, 1.165) is 76.2 Å². The predicted molar refractivity (Wildman–Crippen MR) is 170 cm³/mol. The molecule has 2 N–H and O–H groups in total. The summed E-state index contributed by atoms with van der Waals surface area (Å²) in [5, 5.41) is 31.5. The van der Waals surface area contributed by atoms with Crippen LogP contribution in [0.4, 0.5) is 0 Å². The van der Waals surface area contributed by atoms with Crippen LogP contribution in [0.2, 0.25) is 0 Å². The summed E-state index contributed by atoms with van der Waals surface area (Å²) < 4.78 is 3.85. The van der Waals surface area contributed by atoms with E-state index in [1.165, 1.54) is 5.56 Å². The summed E-state index contributed by atoms with van der Waals surface area (Å²) in [5.41, 5.74) is 8.40. The summed E-state index contributed by atoms with van der Waals surface area (Å²) in [6.45, 7) is 8.92. The summed E-state index contributed by atoms with van der Waals surface area (Å²) in [5.74, 6) is 0.197. The van der Waals surface area contributed by atoms with Gasteiger partial charge in [-0.25, -0.2) is 4.68 Å². The first kappa shape index (κ1) is 28.5. The summed E-state index contributed by atoms with van der Waals surface area (Å²) in [4.78, 5) is 16.8. The first-order valence-corrected chi connectivity index (χ1v) is 15.7. The Morgan fingerprint density at radius 2 is 1.84 bits per heavy atom. The summed E-state index contributed by atoms with van der Waals surface area (Å²) in [6.07, 6.45) is 4.69. The van der Waals surface area contributed by atoms with Crippen LogP contribution in [0.25, 0.3) is 27.8 Å². The monoisotopic (exact) mass is 589 g/mol. The third-order valence-electron chi connectivity index (χ3n) is 10.0. The molecule has 2 saturated carbocycles. The minimum absolute atomic E-state index is 0.242. The second kappa shape index (κ2) is 10.7. The first-order valence-electron chi connectivity index (χ1n) is 15.7. The van der Waals surface area contributed by atoms with Gasteiger partial charge in [0.15, 0.2) is 0 Å². The van der Waals surface area contributed by atoms with E-state index in [1.54, 1.807) is 0 Å². The van der Waals surface area contributed by atoms with E-state index in [1.807, 2.05) is 64.9 Å². The molecule has 3 heterocycles. The van der Waals surface area contributed by atoms with Gasteiger partial charge in [0.1, 0.15) is 0 Å². The summed E-state index contributed by atoms with van der Waals surface area (Å²) in [6, 6.07) is 20.0. The van der Waals surface area contributed by atoms with Crippen molar-refractivity contribution in [2.75, 3.05) is 0 Å². The molecule has 8 nitrogen and oxygen atoms in total. The van der Waals surface area contributed by atoms with Crippen LogP contribution < -0.4 is 0 Å². The molecular formula is C36H39N5O3. The van der Waals surface area contributed by atoms with Crippen LogP contribution in [0, 0.1) is 25.2 Å². The molecular weight excluding hydrogens is 550 g/mol. The molecule has 0 radical (unpaired) electrons. The predicted octanol–water partition coefficient (Wildman–Crippen LogP) is 7.12. The lowest BCUT2D eigenvalue weighted by Gasteiger charge is -2.25. The number of aliphatic hydroxyl groups is 1. The third kappa shape index (κ3) is 4.72. The van der Waals surface area contributed by atoms with Crippen LogP contribution in [0.3, 0.4) is 0 Å². The van der Waals surface area contributed by atoms with Crippen LogP contribution in [-0.4, -0.2) is 40.7 Å². The number of fused-ring (bicyclic) bond motifs is 2. The number of nitrogens with zero attached hydrogens (tertiary/aromatic N) is 5. The fourth-order valence-electron chi connectivity index (χ4n) is 7.54. The molecule has 2 aromatic carbocycles. The van der Waals surface area contributed by atoms with Gasteiger partial charge in [-0.2, -0.15) is 10.2 Å². The largest absolute Gasteiger partial charge is 0.481 e. The molecule has 3 aromatic heterocycles. The topological polar surface area (TPSA) is 106 Å². The van der Waals surface area contributed by atoms with Gasteiger partial charge in [0.05, 0.1) is 40.7 Å². The molecule has 44 heavy (non-hydrogen) atoms. The van der Waals surface area contributed by atoms with Gasteiger partial charge in [-0.15, -0.1) is 0 Å². The smallest absolute Gasteiger partial charge is 0.309 e. The Morgan fingerprint density at radius 1 is 1.05 bits per heavy atom. The molecule has 2 fully saturated rings. The highest BCUT2D eigenvalue weighted by molar-refractivity contribution is 5.94. The summed E-state index contributed by atoms with van der Waals surface area (Å²) in [7, 11) is 0. The van der Waals surface area contributed by atoms with Crippen LogP contribution in [0.1, 0.15) is 85.7 Å². The second-order valence-electron chi connectivity index (χ2n) is 13.1. The van der Waals surface area contributed by atoms with E-state index < -0.39 is 17.5 Å². The Morgan fingerprint density at radius 3 is 2.55 bits per heavy atom. The van der Waals surface area contributed by atoms with E-state index >= 15 is 0 Å². The average molecular weight is 590 g/mol. The number of benzene rings is 2. The molecule has 2 aliphatic rings. The van der Waals surface area contributed by atoms with Gasteiger partial charge in [-0.05, 0) is 75.1 Å². The maximum Gasteiger partial charge on any atom is 0.309 e. The van der Waals surface area contributed by atoms with E-state index in [-0.39, 0.29) is 11.8 Å². The van der Waals surface area contributed by atoms with Crippen molar-refractivity contribution in [1.29, 1.82) is 0 Å². The van der Waals surface area contributed by atoms with Gasteiger partial charge in [-0.3, -0.25) is 14.5 Å². The molecule has 7 rings (SSSR count). The molecule has 0 spiro atoms. The second-order valence-corrected chi connectivity index (χ2v) is 13.1. The molecule has 2 aliphatic carbocycles. The van der Waals surface area contributed by atoms with E-state index in [9.17, 15) is 15.0 Å². The minimum atomic E-state index is -0.655. The van der Waals surface area contributed by atoms with Gasteiger partial charge >= 0.3 is 5.97 Å². The van der Waals surface area contributed by atoms with Crippen LogP contribution >= 0.6 is 0 Å². The average Bonchev–Trinajstić information content (AvgIpc) is 3.47. The number of aliphatic hydroxyl groups excluding tert-OH is 1. The van der Waals surface area contributed by atoms with E-state index in [4.69, 9.17) is 15.2 Å². The molecule has 0 bridgehead atoms. The Kier molecular flexibility index (Phi) is 6.92. The summed E-state index contributed by atoms with van der Waals surface area (Å²) >= 11 is 0. The highest BCUT2D eigenvalue weighted by Crippen LogP contribution is 2.64. The van der Waals surface area contributed by atoms with Gasteiger partial charge in [-0.1, -0.05) is 56.3 Å². The number of carboxylic acid groups (broad SMARTS) is 1. The van der Waals surface area contributed by atoms with Crippen molar-refractivity contribution < 1.29 is 15.0 Å². The van der Waals surface area contributed by atoms with Gasteiger partial charge in [0, 0.05) is 40.0 Å². The SMILES string of the molecule is Cc1nc(C2CCC3(C(=O)O)CC3C2)ccc1-n1nc(-c2cccc3nn(CC(O)c4ccccc4)cc23)c(C(C)C)c1C. The maximum atomic E-state index is 11.8. The van der Waals surface area contributed by atoms with Crippen molar-refractivity contribution in [3.63, 3.8) is 0 Å². The van der Waals surface area contributed by atoms with Crippen molar-refractivity contribution in [3.8, 4) is 16.9 Å². The number of rotatable bonds is 8. The van der Waals surface area contributed by atoms with Crippen molar-refractivity contribution in [1.82, 2.24) is 24.5 Å². The zero-order valence-corrected chi connectivity index (χ0v) is 25.7. The maximum absolute atomic E-state index is 11.8. The number of aromatic nitrogens is 5. The Labute approximate surface area is 257 Å². The van der Waals surface area contributed by atoms with Crippen LogP contribution in [0.15, 0.2) is 66.9 Å². The normalized spacial score (nSPS) is 21.9. The van der Waals surface area contributed by atoms with E-state index in [2.05, 4.69) is 39.0 Å². The molecule has 0 amide bonds. The number of hydrogen-bond donors (Lipinski definition) is 2. The molecule has 8 heteroatoms. The van der Waals surface area contributed by atoms with E-state index in [0.29, 0.717) is 12.5 Å². The van der Waals surface area contributed by atoms with Crippen molar-refractivity contribution >= 4 is 16.9 Å². The van der Waals surface area contributed by atoms with Gasteiger partial charge < -0.3 is 10.2 Å². The first-order chi connectivity index (χ1) is 21.2. The van der Waals surface area contributed by atoms with Crippen molar-refractivity contribution in [2.24, 2.45) is 11.3 Å². The molecule has 0 saturated heterocycles. The third-order valence-corrected chi connectivity index (χ3v) is 10.0. The Balaban J connectivity index is 1.21. The minimum Gasteiger partial charge on any atom is -0.481 e. The quantitative estimate of drug-likeness (QED) is 0.200. The highest BCUT2D eigenvalue weighted by atomic mass is 16.4. The highest BCUT2D eigenvalue weighted by Gasteiger charge is 2.62.